The van der Waals surface area contributed by atoms with Gasteiger partial charge in [-0.2, -0.15) is 0 Å². The summed E-state index contributed by atoms with van der Waals surface area (Å²) in [6.45, 7) is 7.77. The molecule has 0 N–H and O–H groups in total. The molecule has 1 unspecified atom stereocenters. The topological polar surface area (TPSA) is 80.5 Å². The maximum absolute atomic E-state index is 12.9. The number of carbonyl (C=O) groups excluding carboxylic acids is 1. The van der Waals surface area contributed by atoms with E-state index in [0.29, 0.717) is 21.9 Å². The smallest absolute Gasteiger partial charge is 0.257 e. The van der Waals surface area contributed by atoms with Crippen LogP contribution in [0.15, 0.2) is 44.9 Å². The molecule has 0 radical (unpaired) electrons. The van der Waals surface area contributed by atoms with Crippen LogP contribution < -0.4 is 0 Å². The van der Waals surface area contributed by atoms with Crippen LogP contribution in [0.1, 0.15) is 34.0 Å². The van der Waals surface area contributed by atoms with Crippen LogP contribution in [0.2, 0.25) is 0 Å². The fourth-order valence-corrected chi connectivity index (χ4v) is 4.71. The van der Waals surface area contributed by atoms with Gasteiger partial charge in [0.2, 0.25) is 10.0 Å². The molecule has 0 fully saturated rings. The van der Waals surface area contributed by atoms with Crippen molar-refractivity contribution in [2.45, 2.75) is 43.1 Å². The van der Waals surface area contributed by atoms with Crippen molar-refractivity contribution in [3.05, 3.63) is 52.6 Å². The first-order valence-corrected chi connectivity index (χ1v) is 11.4. The largest absolute Gasteiger partial charge is 0.431 e. The Labute approximate surface area is 175 Å². The number of benzene rings is 2. The SMILES string of the molecule is Cc1cc(C)c(C(=O)C(C)Sc2nc3cc(S(=O)(=O)N(C)C)ccc3o2)cc1C. The van der Waals surface area contributed by atoms with Gasteiger partial charge in [-0.05, 0) is 68.7 Å². The molecule has 0 spiro atoms. The van der Waals surface area contributed by atoms with E-state index in [9.17, 15) is 13.2 Å². The van der Waals surface area contributed by atoms with Crippen LogP contribution in [0.3, 0.4) is 0 Å². The van der Waals surface area contributed by atoms with Crippen LogP contribution in [0.5, 0.6) is 0 Å². The van der Waals surface area contributed by atoms with Crippen molar-refractivity contribution < 1.29 is 17.6 Å². The predicted molar refractivity (Wildman–Crippen MR) is 115 cm³/mol. The molecule has 1 atom stereocenters. The number of sulfonamides is 1. The highest BCUT2D eigenvalue weighted by atomic mass is 32.2. The molecule has 3 rings (SSSR count). The van der Waals surface area contributed by atoms with Crippen molar-refractivity contribution in [2.75, 3.05) is 14.1 Å². The lowest BCUT2D eigenvalue weighted by Gasteiger charge is -2.12. The molecule has 154 valence electrons. The number of aryl methyl sites for hydroxylation is 3. The second-order valence-electron chi connectivity index (χ2n) is 7.27. The summed E-state index contributed by atoms with van der Waals surface area (Å²) < 4.78 is 31.5. The molecule has 29 heavy (non-hydrogen) atoms. The predicted octanol–water partition coefficient (Wildman–Crippen LogP) is 4.37. The Morgan fingerprint density at radius 1 is 1.07 bits per heavy atom. The van der Waals surface area contributed by atoms with Crippen LogP contribution in [0, 0.1) is 20.8 Å². The van der Waals surface area contributed by atoms with Gasteiger partial charge in [-0.25, -0.2) is 17.7 Å². The Hall–Kier alpha value is -2.16. The van der Waals surface area contributed by atoms with Crippen molar-refractivity contribution >= 4 is 38.7 Å². The van der Waals surface area contributed by atoms with Crippen molar-refractivity contribution in [2.24, 2.45) is 0 Å². The van der Waals surface area contributed by atoms with E-state index in [2.05, 4.69) is 4.98 Å². The van der Waals surface area contributed by atoms with E-state index in [1.807, 2.05) is 39.8 Å². The minimum Gasteiger partial charge on any atom is -0.431 e. The van der Waals surface area contributed by atoms with Gasteiger partial charge < -0.3 is 4.42 Å². The number of hydrogen-bond donors (Lipinski definition) is 0. The summed E-state index contributed by atoms with van der Waals surface area (Å²) in [5, 5.41) is -0.0596. The number of aromatic nitrogens is 1. The summed E-state index contributed by atoms with van der Waals surface area (Å²) in [4.78, 5) is 17.5. The average molecular weight is 433 g/mol. The Morgan fingerprint density at radius 2 is 1.72 bits per heavy atom. The fourth-order valence-electron chi connectivity index (χ4n) is 2.96. The highest BCUT2D eigenvalue weighted by Crippen LogP contribution is 2.30. The minimum absolute atomic E-state index is 0.00808. The highest BCUT2D eigenvalue weighted by Gasteiger charge is 2.23. The molecule has 0 bridgehead atoms. The van der Waals surface area contributed by atoms with E-state index in [1.54, 1.807) is 6.07 Å². The molecule has 0 saturated heterocycles. The zero-order valence-corrected chi connectivity index (χ0v) is 18.9. The molecule has 8 heteroatoms. The summed E-state index contributed by atoms with van der Waals surface area (Å²) in [5.41, 5.74) is 4.80. The quantitative estimate of drug-likeness (QED) is 0.425. The second-order valence-corrected chi connectivity index (χ2v) is 10.7. The molecule has 0 amide bonds. The van der Waals surface area contributed by atoms with Crippen molar-refractivity contribution in [3.63, 3.8) is 0 Å². The normalized spacial score (nSPS) is 13.2. The number of ketones is 1. The summed E-state index contributed by atoms with van der Waals surface area (Å²) in [7, 11) is -0.598. The maximum atomic E-state index is 12.9. The van der Waals surface area contributed by atoms with Gasteiger partial charge in [0, 0.05) is 19.7 Å². The van der Waals surface area contributed by atoms with E-state index in [0.717, 1.165) is 21.0 Å². The van der Waals surface area contributed by atoms with E-state index in [-0.39, 0.29) is 10.7 Å². The van der Waals surface area contributed by atoms with Gasteiger partial charge in [-0.1, -0.05) is 17.8 Å². The van der Waals surface area contributed by atoms with Crippen LogP contribution >= 0.6 is 11.8 Å². The molecule has 1 heterocycles. The number of rotatable bonds is 6. The molecular weight excluding hydrogens is 408 g/mol. The Kier molecular flexibility index (Phi) is 5.89. The first kappa shape index (κ1) is 21.5. The number of carbonyl (C=O) groups is 1. The lowest BCUT2D eigenvalue weighted by Crippen LogP contribution is -2.22. The molecule has 0 aliphatic carbocycles. The lowest BCUT2D eigenvalue weighted by molar-refractivity contribution is 0.0993. The number of Topliss-reactive ketones (excluding diaryl/α,β-unsaturated/α-hetero) is 1. The van der Waals surface area contributed by atoms with E-state index >= 15 is 0 Å². The Bertz CT molecular complexity index is 1200. The molecular formula is C21H24N2O4S2. The highest BCUT2D eigenvalue weighted by molar-refractivity contribution is 8.00. The zero-order valence-electron chi connectivity index (χ0n) is 17.3. The zero-order chi connectivity index (χ0) is 21.5. The monoisotopic (exact) mass is 432 g/mol. The van der Waals surface area contributed by atoms with Gasteiger partial charge >= 0.3 is 0 Å². The lowest BCUT2D eigenvalue weighted by atomic mass is 9.97. The van der Waals surface area contributed by atoms with Crippen LogP contribution in [-0.2, 0) is 10.0 Å². The van der Waals surface area contributed by atoms with Gasteiger partial charge in [-0.15, -0.1) is 0 Å². The number of thioether (sulfide) groups is 1. The molecule has 0 saturated carbocycles. The summed E-state index contributed by atoms with van der Waals surface area (Å²) in [5.74, 6) is 0.00808. The van der Waals surface area contributed by atoms with E-state index in [1.165, 1.54) is 38.0 Å². The third kappa shape index (κ3) is 4.24. The van der Waals surface area contributed by atoms with Gasteiger partial charge in [-0.3, -0.25) is 4.79 Å². The second kappa shape index (κ2) is 7.93. The average Bonchev–Trinajstić information content (AvgIpc) is 3.05. The van der Waals surface area contributed by atoms with Gasteiger partial charge in [0.05, 0.1) is 10.1 Å². The Balaban J connectivity index is 1.86. The third-order valence-corrected chi connectivity index (χ3v) is 7.63. The standard InChI is InChI=1S/C21H24N2O4S2/c1-12-9-14(3)17(10-13(12)2)20(24)15(4)28-21-22-18-11-16(7-8-19(18)27-21)29(25,26)23(5)6/h7-11,15H,1-6H3. The number of oxazole rings is 1. The number of hydrogen-bond acceptors (Lipinski definition) is 6. The third-order valence-electron chi connectivity index (χ3n) is 4.87. The van der Waals surface area contributed by atoms with Crippen LogP contribution in [0.4, 0.5) is 0 Å². The van der Waals surface area contributed by atoms with Crippen LogP contribution in [0.25, 0.3) is 11.1 Å². The van der Waals surface area contributed by atoms with Gasteiger partial charge in [0.25, 0.3) is 5.22 Å². The summed E-state index contributed by atoms with van der Waals surface area (Å²) >= 11 is 1.22. The van der Waals surface area contributed by atoms with E-state index in [4.69, 9.17) is 4.42 Å². The first-order chi connectivity index (χ1) is 13.5. The Morgan fingerprint density at radius 3 is 2.38 bits per heavy atom. The maximum Gasteiger partial charge on any atom is 0.257 e. The van der Waals surface area contributed by atoms with Crippen molar-refractivity contribution in [1.82, 2.24) is 9.29 Å². The van der Waals surface area contributed by atoms with E-state index < -0.39 is 15.3 Å². The fraction of sp³-hybridized carbons (Fsp3) is 0.333. The molecule has 1 aromatic heterocycles. The molecule has 0 aliphatic heterocycles. The van der Waals surface area contributed by atoms with Gasteiger partial charge in [0.15, 0.2) is 11.4 Å². The molecule has 2 aromatic carbocycles. The van der Waals surface area contributed by atoms with Gasteiger partial charge in [0.1, 0.15) is 5.52 Å². The number of nitrogens with zero attached hydrogens (tertiary/aromatic N) is 2. The molecule has 0 aliphatic rings. The molecule has 6 nitrogen and oxygen atoms in total. The first-order valence-electron chi connectivity index (χ1n) is 9.12. The van der Waals surface area contributed by atoms with Crippen molar-refractivity contribution in [1.29, 1.82) is 0 Å². The van der Waals surface area contributed by atoms with Crippen LogP contribution in [-0.4, -0.2) is 42.8 Å². The number of fused-ring (bicyclic) bond motifs is 1. The summed E-state index contributed by atoms with van der Waals surface area (Å²) in [6.07, 6.45) is 0. The summed E-state index contributed by atoms with van der Waals surface area (Å²) in [6, 6.07) is 8.51. The van der Waals surface area contributed by atoms with Crippen molar-refractivity contribution in [3.8, 4) is 0 Å². The minimum atomic E-state index is -3.55. The molecule has 3 aromatic rings.